The number of nitrogens with one attached hydrogen (secondary N) is 1. The first kappa shape index (κ1) is 16.3. The van der Waals surface area contributed by atoms with Crippen LogP contribution in [0.15, 0.2) is 54.6 Å². The van der Waals surface area contributed by atoms with Crippen molar-refractivity contribution in [3.05, 3.63) is 60.2 Å². The van der Waals surface area contributed by atoms with Crippen LogP contribution in [0.3, 0.4) is 0 Å². The van der Waals surface area contributed by atoms with E-state index >= 15 is 0 Å². The van der Waals surface area contributed by atoms with Gasteiger partial charge in [-0.05, 0) is 50.1 Å². The molecule has 1 nitrogen and oxygen atoms in total. The Labute approximate surface area is 134 Å². The summed E-state index contributed by atoms with van der Waals surface area (Å²) in [6.07, 6.45) is 4.02. The van der Waals surface area contributed by atoms with Crippen molar-refractivity contribution in [2.24, 2.45) is 5.41 Å². The van der Waals surface area contributed by atoms with E-state index in [1.165, 1.54) is 16.3 Å². The van der Waals surface area contributed by atoms with E-state index in [2.05, 4.69) is 93.4 Å². The number of hydrogen-bond acceptors (Lipinski definition) is 1. The summed E-state index contributed by atoms with van der Waals surface area (Å²) in [5.74, 6) is 6.30. The van der Waals surface area contributed by atoms with Crippen molar-refractivity contribution in [3.8, 4) is 11.8 Å². The topological polar surface area (TPSA) is 12.0 Å². The number of benzene rings is 2. The molecular formula is C21H25N. The Morgan fingerprint density at radius 2 is 1.82 bits per heavy atom. The second-order valence-electron chi connectivity index (χ2n) is 6.62. The minimum absolute atomic E-state index is 0.0635. The Morgan fingerprint density at radius 3 is 2.59 bits per heavy atom. The second kappa shape index (κ2) is 7.29. The number of fused-ring (bicyclic) bond motifs is 1. The third-order valence-corrected chi connectivity index (χ3v) is 3.48. The molecule has 0 bridgehead atoms. The Bertz CT molecular complexity index is 702. The van der Waals surface area contributed by atoms with Crippen molar-refractivity contribution in [3.63, 3.8) is 0 Å². The first-order chi connectivity index (χ1) is 10.5. The molecule has 0 aliphatic heterocycles. The minimum atomic E-state index is 0.0635. The summed E-state index contributed by atoms with van der Waals surface area (Å²) in [5, 5.41) is 6.15. The number of allylic oxidation sites excluding steroid dienone is 1. The molecule has 0 spiro atoms. The SMILES string of the molecule is C[C@@H](NC/C=C/C#CC(C)(C)C)c1cccc2ccccc12. The van der Waals surface area contributed by atoms with Gasteiger partial charge in [0.2, 0.25) is 0 Å². The normalized spacial score (nSPS) is 13.1. The van der Waals surface area contributed by atoms with E-state index in [1.54, 1.807) is 0 Å². The van der Waals surface area contributed by atoms with Gasteiger partial charge in [0.25, 0.3) is 0 Å². The lowest BCUT2D eigenvalue weighted by molar-refractivity contribution is 0.571. The molecule has 0 aromatic heterocycles. The second-order valence-corrected chi connectivity index (χ2v) is 6.62. The maximum absolute atomic E-state index is 3.53. The van der Waals surface area contributed by atoms with Crippen LogP contribution >= 0.6 is 0 Å². The molecule has 1 atom stereocenters. The van der Waals surface area contributed by atoms with Crippen LogP contribution in [0.1, 0.15) is 39.3 Å². The molecule has 0 unspecified atom stereocenters. The summed E-state index contributed by atoms with van der Waals surface area (Å²) in [7, 11) is 0. The van der Waals surface area contributed by atoms with Gasteiger partial charge in [-0.3, -0.25) is 0 Å². The molecule has 1 heteroatoms. The standard InChI is InChI=1S/C21H25N/c1-17(22-16-9-5-8-15-21(2,3)4)19-14-10-12-18-11-6-7-13-20(18)19/h5-7,9-14,17,22H,16H2,1-4H3/b9-5+/t17-/m1/s1. The van der Waals surface area contributed by atoms with Crippen molar-refractivity contribution < 1.29 is 0 Å². The molecule has 2 rings (SSSR count). The van der Waals surface area contributed by atoms with Gasteiger partial charge < -0.3 is 5.32 Å². The van der Waals surface area contributed by atoms with Crippen LogP contribution in [-0.4, -0.2) is 6.54 Å². The van der Waals surface area contributed by atoms with Gasteiger partial charge >= 0.3 is 0 Å². The fourth-order valence-corrected chi connectivity index (χ4v) is 2.36. The highest BCUT2D eigenvalue weighted by molar-refractivity contribution is 5.86. The molecule has 0 saturated heterocycles. The largest absolute Gasteiger partial charge is 0.307 e. The average molecular weight is 291 g/mol. The van der Waals surface area contributed by atoms with E-state index in [9.17, 15) is 0 Å². The van der Waals surface area contributed by atoms with Crippen molar-refractivity contribution in [2.75, 3.05) is 6.54 Å². The Hall–Kier alpha value is -2.04. The zero-order valence-corrected chi connectivity index (χ0v) is 14.0. The first-order valence-corrected chi connectivity index (χ1v) is 7.86. The highest BCUT2D eigenvalue weighted by Gasteiger charge is 2.07. The van der Waals surface area contributed by atoms with Crippen LogP contribution in [0.2, 0.25) is 0 Å². The van der Waals surface area contributed by atoms with Gasteiger partial charge in [0.1, 0.15) is 0 Å². The molecule has 0 heterocycles. The summed E-state index contributed by atoms with van der Waals surface area (Å²) in [4.78, 5) is 0. The molecule has 0 saturated carbocycles. The van der Waals surface area contributed by atoms with E-state index in [0.717, 1.165) is 6.54 Å². The highest BCUT2D eigenvalue weighted by atomic mass is 14.9. The van der Waals surface area contributed by atoms with E-state index < -0.39 is 0 Å². The fraction of sp³-hybridized carbons (Fsp3) is 0.333. The third-order valence-electron chi connectivity index (χ3n) is 3.48. The Morgan fingerprint density at radius 1 is 1.09 bits per heavy atom. The van der Waals surface area contributed by atoms with Gasteiger partial charge in [-0.25, -0.2) is 0 Å². The molecule has 0 amide bonds. The van der Waals surface area contributed by atoms with Gasteiger partial charge in [0.15, 0.2) is 0 Å². The summed E-state index contributed by atoms with van der Waals surface area (Å²) >= 11 is 0. The predicted octanol–water partition coefficient (Wildman–Crippen LogP) is 5.10. The lowest BCUT2D eigenvalue weighted by Crippen LogP contribution is -2.18. The van der Waals surface area contributed by atoms with E-state index in [1.807, 2.05) is 6.08 Å². The van der Waals surface area contributed by atoms with E-state index in [-0.39, 0.29) is 5.41 Å². The molecule has 0 aliphatic rings. The molecule has 2 aromatic rings. The van der Waals surface area contributed by atoms with Crippen molar-refractivity contribution in [1.82, 2.24) is 5.32 Å². The molecule has 22 heavy (non-hydrogen) atoms. The third kappa shape index (κ3) is 4.76. The predicted molar refractivity (Wildman–Crippen MR) is 96.7 cm³/mol. The van der Waals surface area contributed by atoms with Gasteiger partial charge in [-0.1, -0.05) is 60.4 Å². The number of hydrogen-bond donors (Lipinski definition) is 1. The van der Waals surface area contributed by atoms with Crippen molar-refractivity contribution in [1.29, 1.82) is 0 Å². The van der Waals surface area contributed by atoms with Crippen LogP contribution < -0.4 is 5.32 Å². The van der Waals surface area contributed by atoms with Gasteiger partial charge in [0, 0.05) is 18.0 Å². The summed E-state index contributed by atoms with van der Waals surface area (Å²) < 4.78 is 0. The molecule has 0 fully saturated rings. The number of rotatable bonds is 4. The molecule has 1 N–H and O–H groups in total. The maximum Gasteiger partial charge on any atom is 0.0300 e. The maximum atomic E-state index is 3.53. The molecule has 2 aromatic carbocycles. The van der Waals surface area contributed by atoms with Gasteiger partial charge in [-0.2, -0.15) is 0 Å². The van der Waals surface area contributed by atoms with E-state index in [0.29, 0.717) is 6.04 Å². The minimum Gasteiger partial charge on any atom is -0.307 e. The lowest BCUT2D eigenvalue weighted by atomic mass is 9.98. The van der Waals surface area contributed by atoms with Crippen LogP contribution in [0.4, 0.5) is 0 Å². The zero-order chi connectivity index (χ0) is 16.0. The zero-order valence-electron chi connectivity index (χ0n) is 14.0. The van der Waals surface area contributed by atoms with Crippen LogP contribution in [0.5, 0.6) is 0 Å². The van der Waals surface area contributed by atoms with Crippen molar-refractivity contribution in [2.45, 2.75) is 33.7 Å². The average Bonchev–Trinajstić information content (AvgIpc) is 2.49. The van der Waals surface area contributed by atoms with Crippen LogP contribution in [-0.2, 0) is 0 Å². The van der Waals surface area contributed by atoms with Crippen LogP contribution in [0, 0.1) is 17.3 Å². The van der Waals surface area contributed by atoms with Crippen LogP contribution in [0.25, 0.3) is 10.8 Å². The lowest BCUT2D eigenvalue weighted by Gasteiger charge is -2.15. The smallest absolute Gasteiger partial charge is 0.0300 e. The Balaban J connectivity index is 1.98. The fourth-order valence-electron chi connectivity index (χ4n) is 2.36. The molecular weight excluding hydrogens is 266 g/mol. The summed E-state index contributed by atoms with van der Waals surface area (Å²) in [5.41, 5.74) is 1.40. The monoisotopic (exact) mass is 291 g/mol. The van der Waals surface area contributed by atoms with Gasteiger partial charge in [-0.15, -0.1) is 0 Å². The first-order valence-electron chi connectivity index (χ1n) is 7.86. The highest BCUT2D eigenvalue weighted by Crippen LogP contribution is 2.23. The summed E-state index contributed by atoms with van der Waals surface area (Å²) in [6, 6.07) is 15.3. The quantitative estimate of drug-likeness (QED) is 0.773. The van der Waals surface area contributed by atoms with E-state index in [4.69, 9.17) is 0 Å². The van der Waals surface area contributed by atoms with Gasteiger partial charge in [0.05, 0.1) is 0 Å². The van der Waals surface area contributed by atoms with Crippen molar-refractivity contribution >= 4 is 10.8 Å². The molecule has 0 aliphatic carbocycles. The summed E-state index contributed by atoms with van der Waals surface area (Å²) in [6.45, 7) is 9.39. The Kier molecular flexibility index (Phi) is 5.41. The molecule has 114 valence electrons. The molecule has 0 radical (unpaired) electrons.